The molecule has 0 aliphatic heterocycles. The molecule has 0 bridgehead atoms. The van der Waals surface area contributed by atoms with Crippen molar-refractivity contribution in [3.05, 3.63) is 44.9 Å². The van der Waals surface area contributed by atoms with Crippen LogP contribution in [0.3, 0.4) is 0 Å². The maximum atomic E-state index is 13.5. The quantitative estimate of drug-likeness (QED) is 0.242. The van der Waals surface area contributed by atoms with E-state index in [4.69, 9.17) is 19.0 Å². The minimum Gasteiger partial charge on any atom is -0.493 e. The molecule has 1 aromatic carbocycles. The number of aromatic nitrogens is 4. The van der Waals surface area contributed by atoms with Crippen molar-refractivity contribution in [1.82, 2.24) is 19.7 Å². The Kier molecular flexibility index (Phi) is 6.35. The minimum atomic E-state index is 0.0674. The highest BCUT2D eigenvalue weighted by Gasteiger charge is 2.25. The summed E-state index contributed by atoms with van der Waals surface area (Å²) in [5.41, 5.74) is 1.87. The summed E-state index contributed by atoms with van der Waals surface area (Å²) in [5.74, 6) is 2.60. The van der Waals surface area contributed by atoms with Crippen molar-refractivity contribution in [1.29, 1.82) is 0 Å². The van der Waals surface area contributed by atoms with E-state index in [-0.39, 0.29) is 11.6 Å². The van der Waals surface area contributed by atoms with Gasteiger partial charge in [0, 0.05) is 16.5 Å². The molecular formula is C24H26N4O4S2. The summed E-state index contributed by atoms with van der Waals surface area (Å²) in [4.78, 5) is 24.9. The number of benzene rings is 1. The molecule has 0 spiro atoms. The third-order valence-electron chi connectivity index (χ3n) is 6.33. The number of thioether (sulfide) groups is 1. The summed E-state index contributed by atoms with van der Waals surface area (Å²) < 4.78 is 18.1. The first kappa shape index (κ1) is 22.9. The van der Waals surface area contributed by atoms with E-state index in [0.717, 1.165) is 57.1 Å². The van der Waals surface area contributed by atoms with E-state index >= 15 is 0 Å². The molecule has 3 aromatic heterocycles. The van der Waals surface area contributed by atoms with Crippen LogP contribution in [0.2, 0.25) is 0 Å². The van der Waals surface area contributed by atoms with Crippen LogP contribution in [0.4, 0.5) is 0 Å². The van der Waals surface area contributed by atoms with Crippen LogP contribution >= 0.6 is 23.1 Å². The smallest absolute Gasteiger partial charge is 0.263 e. The fourth-order valence-electron chi connectivity index (χ4n) is 4.41. The number of ether oxygens (including phenoxy) is 2. The number of aryl methyl sites for hydroxylation is 2. The summed E-state index contributed by atoms with van der Waals surface area (Å²) in [5, 5.41) is 5.60. The van der Waals surface area contributed by atoms with Crippen molar-refractivity contribution in [3.63, 3.8) is 0 Å². The lowest BCUT2D eigenvalue weighted by molar-refractivity contribution is 0.355. The van der Waals surface area contributed by atoms with Gasteiger partial charge in [-0.25, -0.2) is 4.98 Å². The molecule has 4 aromatic rings. The Morgan fingerprint density at radius 1 is 1.15 bits per heavy atom. The number of nitrogens with zero attached hydrogens (tertiary/aromatic N) is 4. The number of fused-ring (bicyclic) bond motifs is 1. The molecule has 0 N–H and O–H groups in total. The van der Waals surface area contributed by atoms with Gasteiger partial charge in [-0.05, 0) is 50.5 Å². The monoisotopic (exact) mass is 498 g/mol. The van der Waals surface area contributed by atoms with Crippen LogP contribution in [0.15, 0.2) is 32.7 Å². The summed E-state index contributed by atoms with van der Waals surface area (Å²) in [6, 6.07) is 5.67. The van der Waals surface area contributed by atoms with Gasteiger partial charge in [-0.3, -0.25) is 9.36 Å². The lowest BCUT2D eigenvalue weighted by atomic mass is 10.2. The molecule has 0 amide bonds. The van der Waals surface area contributed by atoms with Crippen LogP contribution in [-0.2, 0) is 5.75 Å². The maximum Gasteiger partial charge on any atom is 0.263 e. The van der Waals surface area contributed by atoms with Crippen molar-refractivity contribution in [3.8, 4) is 22.9 Å². The first-order valence-electron chi connectivity index (χ1n) is 11.2. The van der Waals surface area contributed by atoms with Gasteiger partial charge in [0.1, 0.15) is 4.83 Å². The average Bonchev–Trinajstić information content (AvgIpc) is 3.59. The van der Waals surface area contributed by atoms with Crippen molar-refractivity contribution >= 4 is 33.3 Å². The first-order valence-corrected chi connectivity index (χ1v) is 13.0. The second-order valence-corrected chi connectivity index (χ2v) is 10.5. The Balaban J connectivity index is 1.44. The highest BCUT2D eigenvalue weighted by molar-refractivity contribution is 7.98. The molecule has 5 rings (SSSR count). The van der Waals surface area contributed by atoms with Crippen molar-refractivity contribution in [2.75, 3.05) is 14.2 Å². The van der Waals surface area contributed by atoms with E-state index in [1.807, 2.05) is 36.6 Å². The zero-order valence-corrected chi connectivity index (χ0v) is 21.2. The maximum absolute atomic E-state index is 13.5. The number of thiophene rings is 1. The molecule has 1 saturated carbocycles. The highest BCUT2D eigenvalue weighted by atomic mass is 32.2. The molecule has 0 atom stereocenters. The van der Waals surface area contributed by atoms with E-state index in [2.05, 4.69) is 10.1 Å². The largest absolute Gasteiger partial charge is 0.493 e. The number of methoxy groups -OCH3 is 2. The SMILES string of the molecule is COc1ccc(-c2noc(CSc3nc4sc(C)c(C)c4c(=O)n3C3CCCC3)n2)cc1OC. The van der Waals surface area contributed by atoms with Crippen molar-refractivity contribution in [2.24, 2.45) is 0 Å². The molecule has 1 fully saturated rings. The normalized spacial score (nSPS) is 14.2. The average molecular weight is 499 g/mol. The lowest BCUT2D eigenvalue weighted by Crippen LogP contribution is -2.26. The van der Waals surface area contributed by atoms with E-state index in [1.54, 1.807) is 25.6 Å². The number of rotatable bonds is 7. The third-order valence-corrected chi connectivity index (χ3v) is 8.37. The zero-order valence-electron chi connectivity index (χ0n) is 19.6. The molecule has 0 unspecified atom stereocenters. The van der Waals surface area contributed by atoms with E-state index in [0.29, 0.717) is 29.0 Å². The second-order valence-electron chi connectivity index (χ2n) is 8.34. The predicted molar refractivity (Wildman–Crippen MR) is 133 cm³/mol. The fourth-order valence-corrected chi connectivity index (χ4v) is 6.38. The van der Waals surface area contributed by atoms with E-state index in [9.17, 15) is 4.79 Å². The van der Waals surface area contributed by atoms with Gasteiger partial charge in [-0.1, -0.05) is 29.8 Å². The molecule has 34 heavy (non-hydrogen) atoms. The Morgan fingerprint density at radius 2 is 1.91 bits per heavy atom. The van der Waals surface area contributed by atoms with Gasteiger partial charge >= 0.3 is 0 Å². The zero-order chi connectivity index (χ0) is 23.8. The molecule has 3 heterocycles. The molecule has 1 aliphatic rings. The lowest BCUT2D eigenvalue weighted by Gasteiger charge is -2.17. The van der Waals surface area contributed by atoms with Crippen molar-refractivity contribution < 1.29 is 14.0 Å². The Bertz CT molecular complexity index is 1400. The van der Waals surface area contributed by atoms with Gasteiger partial charge in [0.05, 0.1) is 25.4 Å². The topological polar surface area (TPSA) is 92.3 Å². The number of hydrogen-bond acceptors (Lipinski definition) is 9. The highest BCUT2D eigenvalue weighted by Crippen LogP contribution is 2.36. The summed E-state index contributed by atoms with van der Waals surface area (Å²) in [7, 11) is 3.18. The van der Waals surface area contributed by atoms with Crippen LogP contribution in [0, 0.1) is 13.8 Å². The van der Waals surface area contributed by atoms with Crippen LogP contribution in [0.25, 0.3) is 21.6 Å². The molecular weight excluding hydrogens is 472 g/mol. The first-order chi connectivity index (χ1) is 16.5. The van der Waals surface area contributed by atoms with Crippen LogP contribution in [-0.4, -0.2) is 33.9 Å². The predicted octanol–water partition coefficient (Wildman–Crippen LogP) is 5.55. The van der Waals surface area contributed by atoms with Crippen LogP contribution < -0.4 is 15.0 Å². The second kappa shape index (κ2) is 9.42. The van der Waals surface area contributed by atoms with Gasteiger partial charge in [0.15, 0.2) is 16.7 Å². The Labute approximate surface area is 205 Å². The van der Waals surface area contributed by atoms with Crippen LogP contribution in [0.5, 0.6) is 11.5 Å². The Hall–Kier alpha value is -2.85. The van der Waals surface area contributed by atoms with Gasteiger partial charge in [0.2, 0.25) is 11.7 Å². The molecule has 10 heteroatoms. The minimum absolute atomic E-state index is 0.0674. The number of hydrogen-bond donors (Lipinski definition) is 0. The van der Waals surface area contributed by atoms with E-state index in [1.165, 1.54) is 11.8 Å². The van der Waals surface area contributed by atoms with Gasteiger partial charge in [-0.2, -0.15) is 4.98 Å². The molecule has 8 nitrogen and oxygen atoms in total. The summed E-state index contributed by atoms with van der Waals surface area (Å²) in [6.45, 7) is 4.05. The standard InChI is InChI=1S/C24H26N4O4S2/c1-13-14(2)34-22-20(13)23(29)28(16-7-5-6-8-16)24(26-22)33-12-19-25-21(27-32-19)15-9-10-17(30-3)18(11-15)31-4/h9-11,16H,5-8,12H2,1-4H3. The molecule has 0 radical (unpaired) electrons. The van der Waals surface area contributed by atoms with Gasteiger partial charge in [0.25, 0.3) is 5.56 Å². The molecule has 0 saturated heterocycles. The van der Waals surface area contributed by atoms with Gasteiger partial charge in [-0.15, -0.1) is 11.3 Å². The summed E-state index contributed by atoms with van der Waals surface area (Å²) >= 11 is 3.05. The fraction of sp³-hybridized carbons (Fsp3) is 0.417. The van der Waals surface area contributed by atoms with Crippen molar-refractivity contribution in [2.45, 2.75) is 56.5 Å². The molecule has 1 aliphatic carbocycles. The third kappa shape index (κ3) is 4.09. The molecule has 178 valence electrons. The summed E-state index contributed by atoms with van der Waals surface area (Å²) in [6.07, 6.45) is 4.29. The van der Waals surface area contributed by atoms with Gasteiger partial charge < -0.3 is 14.0 Å². The Morgan fingerprint density at radius 3 is 2.65 bits per heavy atom. The van der Waals surface area contributed by atoms with Crippen LogP contribution in [0.1, 0.15) is 48.1 Å². The van der Waals surface area contributed by atoms with E-state index < -0.39 is 0 Å².